The average Bonchev–Trinajstić information content (AvgIpc) is 3.14. The highest BCUT2D eigenvalue weighted by Crippen LogP contribution is 2.22. The van der Waals surface area contributed by atoms with Gasteiger partial charge in [0.05, 0.1) is 6.61 Å². The van der Waals surface area contributed by atoms with Gasteiger partial charge in [-0.3, -0.25) is 0 Å². The molecule has 112 valence electrons. The molecule has 0 bridgehead atoms. The fraction of sp³-hybridized carbons (Fsp3) is 0.600. The first kappa shape index (κ1) is 16.4. The Balaban J connectivity index is 0.000000200. The van der Waals surface area contributed by atoms with E-state index in [0.717, 1.165) is 12.8 Å². The predicted molar refractivity (Wildman–Crippen MR) is 74.1 cm³/mol. The largest absolute Gasteiger partial charge is 0.459 e. The van der Waals surface area contributed by atoms with Gasteiger partial charge in [-0.2, -0.15) is 0 Å². The van der Waals surface area contributed by atoms with E-state index in [4.69, 9.17) is 14.2 Å². The van der Waals surface area contributed by atoms with Crippen LogP contribution in [0.25, 0.3) is 0 Å². The normalized spacial score (nSPS) is 19.8. The summed E-state index contributed by atoms with van der Waals surface area (Å²) in [4.78, 5) is 21.5. The van der Waals surface area contributed by atoms with E-state index in [1.165, 1.54) is 6.42 Å². The third kappa shape index (κ3) is 6.52. The second-order valence-corrected chi connectivity index (χ2v) is 5.07. The molecule has 1 aliphatic carbocycles. The number of ether oxygens (including phenoxy) is 3. The van der Waals surface area contributed by atoms with E-state index in [1.807, 2.05) is 0 Å². The van der Waals surface area contributed by atoms with Crippen molar-refractivity contribution in [3.63, 3.8) is 0 Å². The van der Waals surface area contributed by atoms with Gasteiger partial charge in [0, 0.05) is 11.1 Å². The molecule has 0 radical (unpaired) electrons. The molecular formula is C15H22O5. The number of hydrogen-bond acceptors (Lipinski definition) is 5. The van der Waals surface area contributed by atoms with Crippen molar-refractivity contribution in [3.05, 3.63) is 24.3 Å². The van der Waals surface area contributed by atoms with E-state index in [2.05, 4.69) is 13.2 Å². The van der Waals surface area contributed by atoms with Crippen LogP contribution in [0.2, 0.25) is 0 Å². The van der Waals surface area contributed by atoms with Crippen LogP contribution in [0.4, 0.5) is 0 Å². The standard InChI is InChI=1S/C8H12O2.C7H10O3/c1-6(2)8(9)10-7-4-3-5-7;1-5(2)7(8)10-4-6-3-9-6/h7H,1,3-5H2,2H3;6H,1,3-4H2,2H3. The molecule has 2 aliphatic rings. The molecule has 2 fully saturated rings. The van der Waals surface area contributed by atoms with Gasteiger partial charge in [-0.05, 0) is 33.1 Å². The number of hydrogen-bond donors (Lipinski definition) is 0. The summed E-state index contributed by atoms with van der Waals surface area (Å²) in [7, 11) is 0. The summed E-state index contributed by atoms with van der Waals surface area (Å²) >= 11 is 0. The maximum atomic E-state index is 10.8. The lowest BCUT2D eigenvalue weighted by Crippen LogP contribution is -2.25. The second-order valence-electron chi connectivity index (χ2n) is 5.07. The van der Waals surface area contributed by atoms with Crippen LogP contribution in [-0.2, 0) is 23.8 Å². The summed E-state index contributed by atoms with van der Waals surface area (Å²) in [6, 6.07) is 0. The Hall–Kier alpha value is -1.62. The van der Waals surface area contributed by atoms with Crippen LogP contribution in [0.15, 0.2) is 24.3 Å². The first-order valence-electron chi connectivity index (χ1n) is 6.71. The molecule has 2 rings (SSSR count). The highest BCUT2D eigenvalue weighted by Gasteiger charge is 2.24. The smallest absolute Gasteiger partial charge is 0.333 e. The zero-order chi connectivity index (χ0) is 15.1. The Kier molecular flexibility index (Phi) is 6.45. The topological polar surface area (TPSA) is 65.1 Å². The van der Waals surface area contributed by atoms with E-state index in [1.54, 1.807) is 13.8 Å². The zero-order valence-electron chi connectivity index (χ0n) is 12.1. The molecule has 1 saturated heterocycles. The molecule has 5 nitrogen and oxygen atoms in total. The molecule has 20 heavy (non-hydrogen) atoms. The third-order valence-corrected chi connectivity index (χ3v) is 2.83. The Bertz CT molecular complexity index is 391. The zero-order valence-corrected chi connectivity index (χ0v) is 12.1. The molecule has 1 saturated carbocycles. The lowest BCUT2D eigenvalue weighted by molar-refractivity contribution is -0.148. The van der Waals surface area contributed by atoms with Crippen LogP contribution >= 0.6 is 0 Å². The second kappa shape index (κ2) is 7.85. The van der Waals surface area contributed by atoms with Crippen LogP contribution in [0.3, 0.4) is 0 Å². The number of esters is 2. The number of rotatable bonds is 5. The third-order valence-electron chi connectivity index (χ3n) is 2.83. The molecule has 0 amide bonds. The van der Waals surface area contributed by atoms with Gasteiger partial charge in [0.1, 0.15) is 18.8 Å². The molecule has 5 heteroatoms. The summed E-state index contributed by atoms with van der Waals surface area (Å²) in [5.41, 5.74) is 0.924. The van der Waals surface area contributed by atoms with Crippen LogP contribution in [0, 0.1) is 0 Å². The van der Waals surface area contributed by atoms with Crippen LogP contribution in [0.5, 0.6) is 0 Å². The molecule has 1 heterocycles. The van der Waals surface area contributed by atoms with Gasteiger partial charge in [-0.15, -0.1) is 0 Å². The van der Waals surface area contributed by atoms with E-state index in [9.17, 15) is 9.59 Å². The van der Waals surface area contributed by atoms with Crippen molar-refractivity contribution in [3.8, 4) is 0 Å². The van der Waals surface area contributed by atoms with Crippen LogP contribution in [0.1, 0.15) is 33.1 Å². The SMILES string of the molecule is C=C(C)C(=O)OC1CCC1.C=C(C)C(=O)OCC1CO1. The van der Waals surface area contributed by atoms with Gasteiger partial charge < -0.3 is 14.2 Å². The summed E-state index contributed by atoms with van der Waals surface area (Å²) < 4.78 is 14.6. The molecule has 0 aromatic rings. The molecule has 0 spiro atoms. The maximum absolute atomic E-state index is 10.8. The minimum Gasteiger partial charge on any atom is -0.459 e. The van der Waals surface area contributed by atoms with E-state index in [0.29, 0.717) is 24.4 Å². The Morgan fingerprint density at radius 1 is 1.15 bits per heavy atom. The minimum atomic E-state index is -0.337. The highest BCUT2D eigenvalue weighted by molar-refractivity contribution is 5.87. The Morgan fingerprint density at radius 3 is 2.05 bits per heavy atom. The number of epoxide rings is 1. The van der Waals surface area contributed by atoms with E-state index >= 15 is 0 Å². The fourth-order valence-electron chi connectivity index (χ4n) is 1.20. The predicted octanol–water partition coefficient (Wildman–Crippen LogP) is 2.16. The molecule has 1 atom stereocenters. The minimum absolute atomic E-state index is 0.142. The summed E-state index contributed by atoms with van der Waals surface area (Å²) in [6.07, 6.45) is 3.57. The van der Waals surface area contributed by atoms with Crippen molar-refractivity contribution in [2.45, 2.75) is 45.3 Å². The first-order valence-corrected chi connectivity index (χ1v) is 6.71. The van der Waals surface area contributed by atoms with Crippen molar-refractivity contribution in [2.75, 3.05) is 13.2 Å². The van der Waals surface area contributed by atoms with Crippen LogP contribution < -0.4 is 0 Å². The van der Waals surface area contributed by atoms with Gasteiger partial charge in [0.15, 0.2) is 0 Å². The summed E-state index contributed by atoms with van der Waals surface area (Å²) in [5, 5.41) is 0. The Morgan fingerprint density at radius 2 is 1.70 bits per heavy atom. The summed E-state index contributed by atoms with van der Waals surface area (Å²) in [5.74, 6) is -0.583. The lowest BCUT2D eigenvalue weighted by atomic mass is 9.96. The quantitative estimate of drug-likeness (QED) is 0.439. The fourth-order valence-corrected chi connectivity index (χ4v) is 1.20. The van der Waals surface area contributed by atoms with Gasteiger partial charge >= 0.3 is 11.9 Å². The molecule has 0 N–H and O–H groups in total. The highest BCUT2D eigenvalue weighted by atomic mass is 16.6. The first-order chi connectivity index (χ1) is 9.40. The molecule has 1 unspecified atom stereocenters. The Labute approximate surface area is 119 Å². The van der Waals surface area contributed by atoms with Crippen molar-refractivity contribution in [1.29, 1.82) is 0 Å². The summed E-state index contributed by atoms with van der Waals surface area (Å²) in [6.45, 7) is 11.3. The lowest BCUT2D eigenvalue weighted by Gasteiger charge is -2.24. The van der Waals surface area contributed by atoms with Crippen molar-refractivity contribution in [2.24, 2.45) is 0 Å². The van der Waals surface area contributed by atoms with Crippen molar-refractivity contribution < 1.29 is 23.8 Å². The monoisotopic (exact) mass is 282 g/mol. The molecule has 0 aromatic carbocycles. The van der Waals surface area contributed by atoms with E-state index in [-0.39, 0.29) is 24.1 Å². The number of carbonyl (C=O) groups is 2. The van der Waals surface area contributed by atoms with Gasteiger partial charge in [0.25, 0.3) is 0 Å². The number of carbonyl (C=O) groups excluding carboxylic acids is 2. The van der Waals surface area contributed by atoms with Crippen molar-refractivity contribution >= 4 is 11.9 Å². The molecule has 0 aromatic heterocycles. The molecule has 1 aliphatic heterocycles. The van der Waals surface area contributed by atoms with Crippen LogP contribution in [-0.4, -0.2) is 37.4 Å². The van der Waals surface area contributed by atoms with Gasteiger partial charge in [-0.25, -0.2) is 9.59 Å². The average molecular weight is 282 g/mol. The van der Waals surface area contributed by atoms with E-state index < -0.39 is 0 Å². The van der Waals surface area contributed by atoms with Gasteiger partial charge in [-0.1, -0.05) is 13.2 Å². The molecular weight excluding hydrogens is 260 g/mol. The van der Waals surface area contributed by atoms with Gasteiger partial charge in [0.2, 0.25) is 0 Å². The maximum Gasteiger partial charge on any atom is 0.333 e. The van der Waals surface area contributed by atoms with Crippen molar-refractivity contribution in [1.82, 2.24) is 0 Å².